The van der Waals surface area contributed by atoms with Crippen molar-refractivity contribution < 1.29 is 0 Å². The molecule has 0 amide bonds. The smallest absolute Gasteiger partial charge is 0.0867 e. The van der Waals surface area contributed by atoms with E-state index in [1.54, 1.807) is 2.90 Å². The average molecular weight is 251 g/mol. The Labute approximate surface area is 74.3 Å². The zero-order valence-corrected chi connectivity index (χ0v) is 8.45. The molecule has 1 aromatic heterocycles. The molecule has 3 nitrogen and oxygen atoms in total. The minimum atomic E-state index is 0.506. The SMILES string of the molecule is Cc1nnn(I)c1C(C)C. The van der Waals surface area contributed by atoms with Gasteiger partial charge in [-0.05, 0) is 12.8 Å². The number of rotatable bonds is 1. The van der Waals surface area contributed by atoms with E-state index in [9.17, 15) is 0 Å². The van der Waals surface area contributed by atoms with Crippen LogP contribution in [0.5, 0.6) is 0 Å². The van der Waals surface area contributed by atoms with E-state index in [-0.39, 0.29) is 0 Å². The molecule has 0 bridgehead atoms. The summed E-state index contributed by atoms with van der Waals surface area (Å²) in [4.78, 5) is 0. The Balaban J connectivity index is 3.10. The van der Waals surface area contributed by atoms with Crippen molar-refractivity contribution in [3.05, 3.63) is 11.4 Å². The summed E-state index contributed by atoms with van der Waals surface area (Å²) in [6.07, 6.45) is 0. The van der Waals surface area contributed by atoms with E-state index < -0.39 is 0 Å². The molecule has 0 aromatic carbocycles. The van der Waals surface area contributed by atoms with Gasteiger partial charge in [0.1, 0.15) is 0 Å². The molecule has 1 heterocycles. The normalized spacial score (nSPS) is 10.9. The highest BCUT2D eigenvalue weighted by Crippen LogP contribution is 2.17. The lowest BCUT2D eigenvalue weighted by Gasteiger charge is -2.02. The van der Waals surface area contributed by atoms with Gasteiger partial charge in [0.2, 0.25) is 0 Å². The molecular formula is C6H10IN3. The molecular weight excluding hydrogens is 241 g/mol. The lowest BCUT2D eigenvalue weighted by molar-refractivity contribution is 0.789. The Hall–Kier alpha value is -0.130. The number of nitrogens with zero attached hydrogens (tertiary/aromatic N) is 3. The van der Waals surface area contributed by atoms with Crippen LogP contribution in [0.25, 0.3) is 0 Å². The van der Waals surface area contributed by atoms with Crippen molar-refractivity contribution >= 4 is 22.9 Å². The second-order valence-electron chi connectivity index (χ2n) is 2.57. The minimum absolute atomic E-state index is 0.506. The first-order valence-corrected chi connectivity index (χ1v) is 4.17. The van der Waals surface area contributed by atoms with Crippen LogP contribution in [0.15, 0.2) is 0 Å². The molecule has 0 unspecified atom stereocenters. The molecule has 0 atom stereocenters. The van der Waals surface area contributed by atoms with Crippen LogP contribution in [0.4, 0.5) is 0 Å². The third-order valence-electron chi connectivity index (χ3n) is 1.39. The van der Waals surface area contributed by atoms with Crippen molar-refractivity contribution in [2.24, 2.45) is 0 Å². The summed E-state index contributed by atoms with van der Waals surface area (Å²) in [7, 11) is 0. The summed E-state index contributed by atoms with van der Waals surface area (Å²) in [5.41, 5.74) is 2.24. The third-order valence-corrected chi connectivity index (χ3v) is 2.10. The second kappa shape index (κ2) is 2.86. The molecule has 1 aromatic rings. The van der Waals surface area contributed by atoms with Gasteiger partial charge in [-0.15, -0.1) is 5.10 Å². The summed E-state index contributed by atoms with van der Waals surface area (Å²) in [5.74, 6) is 0.506. The fourth-order valence-corrected chi connectivity index (χ4v) is 1.97. The predicted molar refractivity (Wildman–Crippen MR) is 48.3 cm³/mol. The predicted octanol–water partition coefficient (Wildman–Crippen LogP) is 1.91. The molecule has 1 rings (SSSR count). The molecule has 10 heavy (non-hydrogen) atoms. The fraction of sp³-hybridized carbons (Fsp3) is 0.667. The van der Waals surface area contributed by atoms with Crippen LogP contribution < -0.4 is 0 Å². The highest BCUT2D eigenvalue weighted by molar-refractivity contribution is 14.1. The summed E-state index contributed by atoms with van der Waals surface area (Å²) >= 11 is 2.14. The van der Waals surface area contributed by atoms with E-state index >= 15 is 0 Å². The Morgan fingerprint density at radius 2 is 2.10 bits per heavy atom. The van der Waals surface area contributed by atoms with Gasteiger partial charge in [-0.25, -0.2) is 0 Å². The number of hydrogen-bond donors (Lipinski definition) is 0. The monoisotopic (exact) mass is 251 g/mol. The lowest BCUT2D eigenvalue weighted by Crippen LogP contribution is -1.95. The van der Waals surface area contributed by atoms with Gasteiger partial charge in [-0.3, -0.25) is 0 Å². The topological polar surface area (TPSA) is 30.7 Å². The van der Waals surface area contributed by atoms with E-state index in [4.69, 9.17) is 0 Å². The average Bonchev–Trinajstić information content (AvgIpc) is 2.11. The number of halogens is 1. The zero-order chi connectivity index (χ0) is 7.72. The van der Waals surface area contributed by atoms with Crippen molar-refractivity contribution in [2.45, 2.75) is 26.7 Å². The Morgan fingerprint density at radius 1 is 1.50 bits per heavy atom. The Morgan fingerprint density at radius 3 is 2.30 bits per heavy atom. The highest BCUT2D eigenvalue weighted by atomic mass is 127. The first-order chi connectivity index (χ1) is 4.63. The maximum absolute atomic E-state index is 3.94. The Kier molecular flexibility index (Phi) is 2.28. The summed E-state index contributed by atoms with van der Waals surface area (Å²) in [6, 6.07) is 0. The minimum Gasteiger partial charge on any atom is -0.188 e. The lowest BCUT2D eigenvalue weighted by atomic mass is 10.1. The van der Waals surface area contributed by atoms with Gasteiger partial charge in [0.15, 0.2) is 0 Å². The number of aromatic nitrogens is 3. The van der Waals surface area contributed by atoms with Crippen LogP contribution in [0, 0.1) is 6.92 Å². The maximum atomic E-state index is 3.94. The van der Waals surface area contributed by atoms with Gasteiger partial charge in [-0.2, -0.15) is 2.90 Å². The fourth-order valence-electron chi connectivity index (χ4n) is 0.970. The number of hydrogen-bond acceptors (Lipinski definition) is 2. The van der Waals surface area contributed by atoms with Gasteiger partial charge in [-0.1, -0.05) is 19.1 Å². The number of aryl methyl sites for hydroxylation is 1. The second-order valence-corrected chi connectivity index (χ2v) is 3.49. The van der Waals surface area contributed by atoms with Crippen LogP contribution in [-0.2, 0) is 0 Å². The van der Waals surface area contributed by atoms with E-state index in [1.807, 2.05) is 6.92 Å². The van der Waals surface area contributed by atoms with E-state index in [2.05, 4.69) is 47.0 Å². The molecule has 0 saturated carbocycles. The molecule has 0 fully saturated rings. The van der Waals surface area contributed by atoms with Crippen molar-refractivity contribution in [3.63, 3.8) is 0 Å². The standard InChI is InChI=1S/C6H10IN3/c1-4(2)6-5(3)8-9-10(6)7/h4H,1-3H3. The van der Waals surface area contributed by atoms with E-state index in [0.717, 1.165) is 5.69 Å². The van der Waals surface area contributed by atoms with Crippen molar-refractivity contribution in [1.29, 1.82) is 0 Å². The van der Waals surface area contributed by atoms with Crippen LogP contribution in [0.3, 0.4) is 0 Å². The molecule has 0 N–H and O–H groups in total. The quantitative estimate of drug-likeness (QED) is 0.714. The molecule has 4 heteroatoms. The molecule has 56 valence electrons. The molecule has 0 aliphatic heterocycles. The van der Waals surface area contributed by atoms with Gasteiger partial charge in [0.25, 0.3) is 0 Å². The summed E-state index contributed by atoms with van der Waals surface area (Å²) in [5, 5.41) is 7.83. The van der Waals surface area contributed by atoms with E-state index in [0.29, 0.717) is 5.92 Å². The van der Waals surface area contributed by atoms with Gasteiger partial charge in [0.05, 0.1) is 34.3 Å². The molecule has 0 saturated heterocycles. The van der Waals surface area contributed by atoms with Crippen LogP contribution in [-0.4, -0.2) is 13.2 Å². The molecule has 0 radical (unpaired) electrons. The van der Waals surface area contributed by atoms with Crippen molar-refractivity contribution in [1.82, 2.24) is 13.2 Å². The van der Waals surface area contributed by atoms with Crippen molar-refractivity contribution in [3.8, 4) is 0 Å². The Bertz CT molecular complexity index is 209. The van der Waals surface area contributed by atoms with Crippen LogP contribution in [0.2, 0.25) is 0 Å². The third kappa shape index (κ3) is 1.31. The van der Waals surface area contributed by atoms with Crippen molar-refractivity contribution in [2.75, 3.05) is 0 Å². The molecule has 0 aliphatic rings. The zero-order valence-electron chi connectivity index (χ0n) is 6.30. The molecule has 0 spiro atoms. The van der Waals surface area contributed by atoms with Gasteiger partial charge in [0, 0.05) is 0 Å². The first kappa shape index (κ1) is 7.97. The highest BCUT2D eigenvalue weighted by Gasteiger charge is 2.09. The van der Waals surface area contributed by atoms with Gasteiger partial charge < -0.3 is 0 Å². The molecule has 0 aliphatic carbocycles. The van der Waals surface area contributed by atoms with Crippen LogP contribution in [0.1, 0.15) is 31.2 Å². The summed E-state index contributed by atoms with van der Waals surface area (Å²) in [6.45, 7) is 6.26. The maximum Gasteiger partial charge on any atom is 0.0867 e. The van der Waals surface area contributed by atoms with Crippen LogP contribution >= 0.6 is 22.9 Å². The largest absolute Gasteiger partial charge is 0.188 e. The van der Waals surface area contributed by atoms with Gasteiger partial charge >= 0.3 is 0 Å². The summed E-state index contributed by atoms with van der Waals surface area (Å²) < 4.78 is 1.80. The van der Waals surface area contributed by atoms with E-state index in [1.165, 1.54) is 5.69 Å². The first-order valence-electron chi connectivity index (χ1n) is 3.21.